The van der Waals surface area contributed by atoms with Gasteiger partial charge in [0, 0.05) is 36.7 Å². The number of urea groups is 2. The second-order valence-electron chi connectivity index (χ2n) is 8.29. The summed E-state index contributed by atoms with van der Waals surface area (Å²) >= 11 is 0. The molecule has 36 heavy (non-hydrogen) atoms. The molecule has 1 aliphatic heterocycles. The molecule has 1 aromatic heterocycles. The number of alkyl halides is 1. The minimum atomic E-state index is -3.93. The summed E-state index contributed by atoms with van der Waals surface area (Å²) in [4.78, 5) is 45.9. The lowest BCUT2D eigenvalue weighted by atomic mass is 9.92. The molecule has 4 amide bonds. The first-order valence-electron chi connectivity index (χ1n) is 11.0. The van der Waals surface area contributed by atoms with Crippen molar-refractivity contribution in [1.82, 2.24) is 15.2 Å². The summed E-state index contributed by atoms with van der Waals surface area (Å²) in [5, 5.41) is 11.8. The van der Waals surface area contributed by atoms with Crippen molar-refractivity contribution < 1.29 is 27.2 Å². The Hall–Kier alpha value is -4.11. The van der Waals surface area contributed by atoms with Gasteiger partial charge in [-0.3, -0.25) is 14.7 Å². The first-order chi connectivity index (χ1) is 17.1. The topological polar surface area (TPSA) is 141 Å². The molecule has 0 spiro atoms. The smallest absolute Gasteiger partial charge is 0.337 e. The first kappa shape index (κ1) is 25.0. The number of sulfone groups is 1. The molecule has 0 radical (unpaired) electrons. The van der Waals surface area contributed by atoms with E-state index < -0.39 is 34.6 Å². The van der Waals surface area contributed by atoms with Crippen LogP contribution in [0.15, 0.2) is 52.7 Å². The Kier molecular flexibility index (Phi) is 6.60. The highest BCUT2D eigenvalue weighted by atomic mass is 32.2. The standard InChI is InChI=1S/C24H22FN5O5S/c1-3-27-23(32)30-22(17-5-4-14(13-26)10-20(17)36(2,34)35)21-18(6-7-19(21)31)29(24(30)33)16-8-9-28-15(11-16)12-25/h4-5,8-11,22H,3,6-7,12H2,1-2H3,(H,27,32). The zero-order chi connectivity index (χ0) is 26.2. The highest BCUT2D eigenvalue weighted by molar-refractivity contribution is 7.90. The van der Waals surface area contributed by atoms with Gasteiger partial charge in [-0.2, -0.15) is 5.26 Å². The van der Waals surface area contributed by atoms with E-state index in [9.17, 15) is 32.5 Å². The van der Waals surface area contributed by atoms with Crippen LogP contribution in [0.4, 0.5) is 19.7 Å². The van der Waals surface area contributed by atoms with Crippen LogP contribution in [-0.4, -0.2) is 48.9 Å². The van der Waals surface area contributed by atoms with Gasteiger partial charge in [0.25, 0.3) is 0 Å². The molecular formula is C24H22FN5O5S. The fourth-order valence-corrected chi connectivity index (χ4v) is 5.45. The molecule has 1 N–H and O–H groups in total. The Morgan fingerprint density at radius 3 is 2.64 bits per heavy atom. The average Bonchev–Trinajstić information content (AvgIpc) is 3.23. The number of anilines is 1. The Labute approximate surface area is 206 Å². The molecule has 186 valence electrons. The molecule has 2 aliphatic rings. The predicted molar refractivity (Wildman–Crippen MR) is 126 cm³/mol. The third-order valence-electron chi connectivity index (χ3n) is 5.98. The third-order valence-corrected chi connectivity index (χ3v) is 7.13. The molecule has 1 aromatic carbocycles. The number of imide groups is 1. The van der Waals surface area contributed by atoms with Crippen LogP contribution in [0, 0.1) is 11.3 Å². The van der Waals surface area contributed by atoms with Crippen molar-refractivity contribution in [3.63, 3.8) is 0 Å². The van der Waals surface area contributed by atoms with Gasteiger partial charge in [0.2, 0.25) is 0 Å². The Bertz CT molecular complexity index is 1460. The first-order valence-corrected chi connectivity index (χ1v) is 12.9. The zero-order valence-corrected chi connectivity index (χ0v) is 20.3. The minimum Gasteiger partial charge on any atom is -0.338 e. The molecule has 0 bridgehead atoms. The van der Waals surface area contributed by atoms with Crippen molar-refractivity contribution in [2.24, 2.45) is 0 Å². The van der Waals surface area contributed by atoms with E-state index in [0.717, 1.165) is 17.2 Å². The number of aromatic nitrogens is 1. The molecule has 2 aromatic rings. The van der Waals surface area contributed by atoms with Gasteiger partial charge in [0.05, 0.1) is 27.9 Å². The van der Waals surface area contributed by atoms with Crippen LogP contribution in [0.3, 0.4) is 0 Å². The zero-order valence-electron chi connectivity index (χ0n) is 19.5. The van der Waals surface area contributed by atoms with Crippen molar-refractivity contribution in [2.45, 2.75) is 37.4 Å². The number of nitrogens with one attached hydrogen (secondary N) is 1. The van der Waals surface area contributed by atoms with Crippen LogP contribution in [-0.2, 0) is 21.3 Å². The van der Waals surface area contributed by atoms with E-state index in [2.05, 4.69) is 10.3 Å². The Morgan fingerprint density at radius 2 is 2.00 bits per heavy atom. The number of allylic oxidation sites excluding steroid dienone is 1. The number of Topliss-reactive ketones (excluding diaryl/α,β-unsaturated/α-hetero) is 1. The third kappa shape index (κ3) is 4.22. The monoisotopic (exact) mass is 511 g/mol. The van der Waals surface area contributed by atoms with E-state index in [0.29, 0.717) is 5.70 Å². The molecule has 4 rings (SSSR count). The summed E-state index contributed by atoms with van der Waals surface area (Å²) in [6.45, 7) is 0.916. The summed E-state index contributed by atoms with van der Waals surface area (Å²) in [6.07, 6.45) is 2.47. The van der Waals surface area contributed by atoms with E-state index in [4.69, 9.17) is 0 Å². The van der Waals surface area contributed by atoms with Crippen molar-refractivity contribution in [2.75, 3.05) is 17.7 Å². The fourth-order valence-electron chi connectivity index (χ4n) is 4.50. The lowest BCUT2D eigenvalue weighted by Gasteiger charge is -2.41. The number of pyridine rings is 1. The van der Waals surface area contributed by atoms with Crippen molar-refractivity contribution >= 4 is 33.4 Å². The summed E-state index contributed by atoms with van der Waals surface area (Å²) in [6, 6.07) is 5.55. The molecule has 12 heteroatoms. The molecule has 0 fully saturated rings. The molecule has 10 nitrogen and oxygen atoms in total. The number of nitrogens with zero attached hydrogens (tertiary/aromatic N) is 4. The van der Waals surface area contributed by atoms with E-state index in [1.54, 1.807) is 6.92 Å². The minimum absolute atomic E-state index is 0.0256. The molecule has 0 saturated carbocycles. The van der Waals surface area contributed by atoms with Gasteiger partial charge < -0.3 is 5.32 Å². The molecular weight excluding hydrogens is 489 g/mol. The summed E-state index contributed by atoms with van der Waals surface area (Å²) < 4.78 is 38.7. The summed E-state index contributed by atoms with van der Waals surface area (Å²) in [7, 11) is -3.93. The van der Waals surface area contributed by atoms with Crippen molar-refractivity contribution in [3.8, 4) is 6.07 Å². The molecule has 0 saturated heterocycles. The van der Waals surface area contributed by atoms with Gasteiger partial charge in [-0.05, 0) is 43.2 Å². The van der Waals surface area contributed by atoms with E-state index in [1.165, 1.54) is 35.4 Å². The van der Waals surface area contributed by atoms with Crippen LogP contribution in [0.1, 0.15) is 42.6 Å². The van der Waals surface area contributed by atoms with Gasteiger partial charge in [-0.1, -0.05) is 6.07 Å². The van der Waals surface area contributed by atoms with Gasteiger partial charge in [-0.25, -0.2) is 27.3 Å². The largest absolute Gasteiger partial charge is 0.338 e. The van der Waals surface area contributed by atoms with Crippen molar-refractivity contribution in [1.29, 1.82) is 5.26 Å². The van der Waals surface area contributed by atoms with Crippen LogP contribution >= 0.6 is 0 Å². The maximum Gasteiger partial charge on any atom is 0.337 e. The number of carbonyl (C=O) groups is 3. The number of halogens is 1. The molecule has 1 aliphatic carbocycles. The van der Waals surface area contributed by atoms with Crippen LogP contribution < -0.4 is 10.2 Å². The Balaban J connectivity index is 2.03. The lowest BCUT2D eigenvalue weighted by molar-refractivity contribution is -0.115. The van der Waals surface area contributed by atoms with Crippen LogP contribution in [0.2, 0.25) is 0 Å². The number of nitriles is 1. The molecule has 1 unspecified atom stereocenters. The predicted octanol–water partition coefficient (Wildman–Crippen LogP) is 3.16. The Morgan fingerprint density at radius 1 is 1.25 bits per heavy atom. The van der Waals surface area contributed by atoms with Gasteiger partial charge in [0.1, 0.15) is 12.7 Å². The van der Waals surface area contributed by atoms with E-state index in [1.807, 2.05) is 6.07 Å². The number of rotatable bonds is 5. The van der Waals surface area contributed by atoms with Crippen LogP contribution in [0.25, 0.3) is 0 Å². The SMILES string of the molecule is CCNC(=O)N1C(=O)N(c2ccnc(CF)c2)C2=C(C(=O)CC2)C1c1ccc(C#N)cc1S(C)(=O)=O. The second kappa shape index (κ2) is 9.50. The second-order valence-corrected chi connectivity index (χ2v) is 10.3. The molecule has 1 atom stereocenters. The highest BCUT2D eigenvalue weighted by Crippen LogP contribution is 2.46. The number of benzene rings is 1. The summed E-state index contributed by atoms with van der Waals surface area (Å²) in [5.74, 6) is -0.356. The lowest BCUT2D eigenvalue weighted by Crippen LogP contribution is -2.55. The summed E-state index contributed by atoms with van der Waals surface area (Å²) in [5.41, 5.74) is 0.766. The average molecular weight is 512 g/mol. The maximum absolute atomic E-state index is 13.9. The number of hydrogen-bond donors (Lipinski definition) is 1. The quantitative estimate of drug-likeness (QED) is 0.650. The van der Waals surface area contributed by atoms with E-state index >= 15 is 0 Å². The number of ketones is 1. The fraction of sp³-hybridized carbons (Fsp3) is 0.292. The van der Waals surface area contributed by atoms with Crippen LogP contribution in [0.5, 0.6) is 0 Å². The number of carbonyl (C=O) groups excluding carboxylic acids is 3. The normalized spacial score (nSPS) is 17.8. The maximum atomic E-state index is 13.9. The van der Waals surface area contributed by atoms with Gasteiger partial charge >= 0.3 is 12.1 Å². The van der Waals surface area contributed by atoms with E-state index in [-0.39, 0.29) is 58.1 Å². The van der Waals surface area contributed by atoms with Gasteiger partial charge in [-0.15, -0.1) is 0 Å². The number of amides is 4. The van der Waals surface area contributed by atoms with Crippen molar-refractivity contribution in [3.05, 3.63) is 64.6 Å². The van der Waals surface area contributed by atoms with Gasteiger partial charge in [0.15, 0.2) is 15.6 Å². The number of hydrogen-bond acceptors (Lipinski definition) is 7. The molecule has 2 heterocycles. The highest BCUT2D eigenvalue weighted by Gasteiger charge is 2.49.